The van der Waals surface area contributed by atoms with Gasteiger partial charge in [0.1, 0.15) is 0 Å². The monoisotopic (exact) mass is 215 g/mol. The molecule has 0 saturated heterocycles. The van der Waals surface area contributed by atoms with Crippen molar-refractivity contribution < 1.29 is 26.6 Å². The minimum atomic E-state index is -3.11. The molecule has 1 atom stereocenters. The number of quaternary nitrogens is 3. The van der Waals surface area contributed by atoms with E-state index < -0.39 is 22.7 Å². The fourth-order valence-electron chi connectivity index (χ4n) is 0. The van der Waals surface area contributed by atoms with Crippen LogP contribution >= 0.6 is 0 Å². The highest BCUT2D eigenvalue weighted by atomic mass is 32.2. The van der Waals surface area contributed by atoms with Crippen molar-refractivity contribution >= 4 is 22.7 Å². The predicted molar refractivity (Wildman–Crippen MR) is 39.2 cm³/mol. The quantitative estimate of drug-likeness (QED) is 0.386. The molecule has 0 aliphatic carbocycles. The smallest absolute Gasteiger partial charge is 0.0814 e. The average Bonchev–Trinajstić information content (AvgIpc) is 1.25. The molecule has 13 N–H and O–H groups in total. The zero-order valence-electron chi connectivity index (χ0n) is 6.30. The average molecular weight is 215 g/mol. The summed E-state index contributed by atoms with van der Waals surface area (Å²) < 4.78 is 49.4. The van der Waals surface area contributed by atoms with Gasteiger partial charge in [-0.1, -0.05) is 0 Å². The van der Waals surface area contributed by atoms with Crippen molar-refractivity contribution in [2.45, 2.75) is 0 Å². The zero-order chi connectivity index (χ0) is 7.15. The fourth-order valence-corrected chi connectivity index (χ4v) is 0. The van der Waals surface area contributed by atoms with Crippen LogP contribution in [-0.2, 0) is 22.7 Å². The molecule has 0 spiro atoms. The molecule has 0 saturated carbocycles. The van der Waals surface area contributed by atoms with Gasteiger partial charge < -0.3 is 36.7 Å². The van der Waals surface area contributed by atoms with Gasteiger partial charge in [-0.25, -0.2) is 4.21 Å². The lowest BCUT2D eigenvalue weighted by Crippen LogP contribution is -1.76. The minimum Gasteiger partial charge on any atom is -0.784 e. The lowest BCUT2D eigenvalue weighted by molar-refractivity contribution is 0.419. The molecule has 0 aliphatic rings. The number of hydrogen-bond acceptors (Lipinski definition) is 5. The molecule has 0 heterocycles. The highest BCUT2D eigenvalue weighted by Crippen LogP contribution is 1.43. The Balaban J connectivity index is -0.0000000171. The second-order valence-electron chi connectivity index (χ2n) is 0.421. The first-order valence-corrected chi connectivity index (χ1v) is 3.05. The molecule has 76 valence electrons. The molecule has 0 aromatic heterocycles. The first-order valence-electron chi connectivity index (χ1n) is 1.02. The first kappa shape index (κ1) is 30.5. The van der Waals surface area contributed by atoms with Gasteiger partial charge in [0.05, 0.1) is 11.4 Å². The highest BCUT2D eigenvalue weighted by molar-refractivity contribution is 7.73. The molecule has 0 aromatic carbocycles. The van der Waals surface area contributed by atoms with E-state index >= 15 is 0 Å². The number of hydrogen-bond donors (Lipinski definition) is 4. The summed E-state index contributed by atoms with van der Waals surface area (Å²) in [7, 11) is 0. The van der Waals surface area contributed by atoms with Gasteiger partial charge in [0, 0.05) is 0 Å². The Morgan fingerprint density at radius 3 is 0.909 bits per heavy atom. The van der Waals surface area contributed by atoms with Gasteiger partial charge in [0.25, 0.3) is 0 Å². The van der Waals surface area contributed by atoms with Crippen molar-refractivity contribution in [1.82, 2.24) is 18.5 Å². The van der Waals surface area contributed by atoms with Gasteiger partial charge in [-0.3, -0.25) is 4.21 Å². The van der Waals surface area contributed by atoms with Crippen molar-refractivity contribution in [2.75, 3.05) is 0 Å². The second-order valence-corrected chi connectivity index (χ2v) is 1.26. The van der Waals surface area contributed by atoms with Crippen molar-refractivity contribution in [3.63, 3.8) is 0 Å². The SMILES string of the molecule is O=S([O-])O.O=S([O-])[O-].[NH4+].[NH4+].[NH4+]. The van der Waals surface area contributed by atoms with Crippen LogP contribution in [0.2, 0.25) is 0 Å². The van der Waals surface area contributed by atoms with Gasteiger partial charge >= 0.3 is 0 Å². The van der Waals surface area contributed by atoms with E-state index in [1.54, 1.807) is 0 Å². The maximum Gasteiger partial charge on any atom is 0.0814 e. The van der Waals surface area contributed by atoms with Crippen LogP contribution in [0.4, 0.5) is 0 Å². The van der Waals surface area contributed by atoms with Gasteiger partial charge in [0.15, 0.2) is 0 Å². The Labute approximate surface area is 68.5 Å². The van der Waals surface area contributed by atoms with E-state index in [0.717, 1.165) is 0 Å². The minimum absolute atomic E-state index is 0. The molecule has 11 heteroatoms. The highest BCUT2D eigenvalue weighted by Gasteiger charge is 1.42. The molecule has 0 amide bonds. The van der Waals surface area contributed by atoms with Gasteiger partial charge in [-0.05, 0) is 0 Å². The lowest BCUT2D eigenvalue weighted by Gasteiger charge is -2.03. The van der Waals surface area contributed by atoms with Crippen LogP contribution in [0.15, 0.2) is 0 Å². The molecule has 0 rings (SSSR count). The molecule has 0 bridgehead atoms. The molecule has 0 radical (unpaired) electrons. The molecule has 9 nitrogen and oxygen atoms in total. The standard InChI is InChI=1S/3H3N.2H2O3S/c;;;2*1-4(2)3/h3*1H3;2*(H2,1,2,3). The van der Waals surface area contributed by atoms with Crippen LogP contribution in [-0.4, -0.2) is 26.6 Å². The van der Waals surface area contributed by atoms with E-state index in [1.807, 2.05) is 0 Å². The summed E-state index contributed by atoms with van der Waals surface area (Å²) in [6.07, 6.45) is 0. The topological polar surface area (TPSA) is 233 Å². The van der Waals surface area contributed by atoms with E-state index in [2.05, 4.69) is 0 Å². The van der Waals surface area contributed by atoms with Crippen LogP contribution in [0.3, 0.4) is 0 Å². The summed E-state index contributed by atoms with van der Waals surface area (Å²) in [5.74, 6) is 0. The molecule has 0 fully saturated rings. The summed E-state index contributed by atoms with van der Waals surface area (Å²) in [6.45, 7) is 0. The number of rotatable bonds is 0. The van der Waals surface area contributed by atoms with Crippen molar-refractivity contribution in [2.24, 2.45) is 0 Å². The molecule has 0 aliphatic heterocycles. The molecule has 0 aromatic rings. The van der Waals surface area contributed by atoms with E-state index in [-0.39, 0.29) is 18.5 Å². The Morgan fingerprint density at radius 2 is 0.909 bits per heavy atom. The lowest BCUT2D eigenvalue weighted by atomic mass is 14.0. The maximum absolute atomic E-state index is 8.56. The second kappa shape index (κ2) is 22.5. The third-order valence-electron chi connectivity index (χ3n) is 0. The third-order valence-corrected chi connectivity index (χ3v) is 0. The van der Waals surface area contributed by atoms with Crippen molar-refractivity contribution in [1.29, 1.82) is 0 Å². The third kappa shape index (κ3) is 1610000. The molecule has 1 unspecified atom stereocenters. The Bertz CT molecular complexity index is 73.8. The van der Waals surface area contributed by atoms with Crippen LogP contribution < -0.4 is 18.5 Å². The molecular weight excluding hydrogens is 202 g/mol. The Hall–Kier alpha value is 0.0200. The van der Waals surface area contributed by atoms with E-state index in [4.69, 9.17) is 26.6 Å². The van der Waals surface area contributed by atoms with Crippen LogP contribution in [0, 0.1) is 0 Å². The summed E-state index contributed by atoms with van der Waals surface area (Å²) in [5, 5.41) is 0. The normalized spacial score (nSPS) is 8.82. The largest absolute Gasteiger partial charge is 0.784 e. The summed E-state index contributed by atoms with van der Waals surface area (Å²) >= 11 is -5.97. The van der Waals surface area contributed by atoms with E-state index in [0.29, 0.717) is 0 Å². The summed E-state index contributed by atoms with van der Waals surface area (Å²) in [5.41, 5.74) is 0. The maximum atomic E-state index is 8.56. The zero-order valence-corrected chi connectivity index (χ0v) is 7.94. The van der Waals surface area contributed by atoms with E-state index in [9.17, 15) is 0 Å². The van der Waals surface area contributed by atoms with Gasteiger partial charge in [-0.15, -0.1) is 11.4 Å². The molecule has 11 heavy (non-hydrogen) atoms. The van der Waals surface area contributed by atoms with Crippen LogP contribution in [0.1, 0.15) is 0 Å². The summed E-state index contributed by atoms with van der Waals surface area (Å²) in [6, 6.07) is 0. The van der Waals surface area contributed by atoms with Crippen molar-refractivity contribution in [3.05, 3.63) is 0 Å². The predicted octanol–water partition coefficient (Wildman–Crippen LogP) is -0.537. The van der Waals surface area contributed by atoms with Crippen LogP contribution in [0.25, 0.3) is 0 Å². The Morgan fingerprint density at radius 1 is 0.909 bits per heavy atom. The van der Waals surface area contributed by atoms with Crippen LogP contribution in [0.5, 0.6) is 0 Å². The van der Waals surface area contributed by atoms with Gasteiger partial charge in [0.2, 0.25) is 0 Å². The Kier molecular flexibility index (Phi) is 62.4. The van der Waals surface area contributed by atoms with E-state index in [1.165, 1.54) is 0 Å². The molecular formula is H13N3O6S2. The first-order chi connectivity index (χ1) is 3.46. The van der Waals surface area contributed by atoms with Gasteiger partial charge in [-0.2, -0.15) is 0 Å². The summed E-state index contributed by atoms with van der Waals surface area (Å²) in [4.78, 5) is 0. The van der Waals surface area contributed by atoms with Crippen molar-refractivity contribution in [3.8, 4) is 0 Å². The fraction of sp³-hybridized carbons (Fsp3) is 0.